The number of hydrogen-bond acceptors (Lipinski definition) is 3. The molecule has 1 aromatic rings. The highest BCUT2D eigenvalue weighted by atomic mass is 32.1. The lowest BCUT2D eigenvalue weighted by Gasteiger charge is -2.19. The maximum Gasteiger partial charge on any atom is 0.137 e. The number of ether oxygens (including phenoxy) is 1. The van der Waals surface area contributed by atoms with Crippen LogP contribution in [-0.4, -0.2) is 12.4 Å². The summed E-state index contributed by atoms with van der Waals surface area (Å²) in [5, 5.41) is 8.90. The zero-order valence-corrected chi connectivity index (χ0v) is 10.6. The molecule has 0 aliphatic heterocycles. The van der Waals surface area contributed by atoms with Crippen LogP contribution in [0.5, 0.6) is 5.75 Å². The molecule has 0 fully saturated rings. The number of hydrogen-bond donors (Lipinski definition) is 1. The van der Waals surface area contributed by atoms with E-state index < -0.39 is 0 Å². The van der Waals surface area contributed by atoms with Gasteiger partial charge in [0.25, 0.3) is 0 Å². The number of rotatable bonds is 5. The molecule has 0 spiro atoms. The number of nitrogens with zero attached hydrogens (tertiary/aromatic N) is 1. The highest BCUT2D eigenvalue weighted by Crippen LogP contribution is 2.19. The van der Waals surface area contributed by atoms with Crippen molar-refractivity contribution in [2.24, 2.45) is 11.8 Å². The van der Waals surface area contributed by atoms with Crippen LogP contribution in [0.1, 0.15) is 19.4 Å². The first-order chi connectivity index (χ1) is 7.69. The molecule has 0 heterocycles. The van der Waals surface area contributed by atoms with Gasteiger partial charge in [0, 0.05) is 5.92 Å². The third-order valence-electron chi connectivity index (χ3n) is 2.64. The van der Waals surface area contributed by atoms with Gasteiger partial charge < -0.3 is 4.74 Å². The van der Waals surface area contributed by atoms with Gasteiger partial charge in [0.15, 0.2) is 0 Å². The second kappa shape index (κ2) is 6.44. The lowest BCUT2D eigenvalue weighted by molar-refractivity contribution is 0.226. The first kappa shape index (κ1) is 12.9. The standard InChI is InChI=1S/C13H17NOS/c1-10(2)12(9-16)8-15-13-6-4-3-5-11(13)7-14/h3-6,10,12,16H,8-9H2,1-2H3. The van der Waals surface area contributed by atoms with E-state index in [1.807, 2.05) is 18.2 Å². The molecule has 0 saturated heterocycles. The second-order valence-electron chi connectivity index (χ2n) is 4.11. The van der Waals surface area contributed by atoms with Gasteiger partial charge in [0.1, 0.15) is 11.8 Å². The molecule has 2 nitrogen and oxygen atoms in total. The fraction of sp³-hybridized carbons (Fsp3) is 0.462. The Labute approximate surface area is 103 Å². The molecule has 1 aromatic carbocycles. The molecule has 16 heavy (non-hydrogen) atoms. The molecular formula is C13H17NOS. The van der Waals surface area contributed by atoms with Crippen LogP contribution in [0.15, 0.2) is 24.3 Å². The first-order valence-electron chi connectivity index (χ1n) is 5.41. The Morgan fingerprint density at radius 2 is 2.06 bits per heavy atom. The fourth-order valence-electron chi connectivity index (χ4n) is 1.34. The van der Waals surface area contributed by atoms with Gasteiger partial charge in [-0.25, -0.2) is 0 Å². The van der Waals surface area contributed by atoms with Crippen molar-refractivity contribution in [1.82, 2.24) is 0 Å². The predicted molar refractivity (Wildman–Crippen MR) is 68.8 cm³/mol. The molecule has 86 valence electrons. The number of thiol groups is 1. The summed E-state index contributed by atoms with van der Waals surface area (Å²) in [5.41, 5.74) is 0.587. The van der Waals surface area contributed by atoms with Gasteiger partial charge in [0.05, 0.1) is 12.2 Å². The highest BCUT2D eigenvalue weighted by Gasteiger charge is 2.13. The summed E-state index contributed by atoms with van der Waals surface area (Å²) in [5.74, 6) is 2.41. The van der Waals surface area contributed by atoms with Gasteiger partial charge in [-0.2, -0.15) is 17.9 Å². The molecule has 0 radical (unpaired) electrons. The van der Waals surface area contributed by atoms with Crippen LogP contribution < -0.4 is 4.74 Å². The van der Waals surface area contributed by atoms with Crippen LogP contribution in [0.2, 0.25) is 0 Å². The summed E-state index contributed by atoms with van der Waals surface area (Å²) >= 11 is 4.31. The summed E-state index contributed by atoms with van der Waals surface area (Å²) in [7, 11) is 0. The first-order valence-corrected chi connectivity index (χ1v) is 6.05. The molecule has 1 unspecified atom stereocenters. The maximum absolute atomic E-state index is 8.90. The topological polar surface area (TPSA) is 33.0 Å². The van der Waals surface area contributed by atoms with Crippen LogP contribution in [0.3, 0.4) is 0 Å². The van der Waals surface area contributed by atoms with Crippen molar-refractivity contribution in [3.05, 3.63) is 29.8 Å². The molecule has 0 aromatic heterocycles. The minimum atomic E-state index is 0.412. The van der Waals surface area contributed by atoms with Crippen molar-refractivity contribution in [1.29, 1.82) is 5.26 Å². The molecule has 1 rings (SSSR count). The zero-order valence-electron chi connectivity index (χ0n) is 9.68. The predicted octanol–water partition coefficient (Wildman–Crippen LogP) is 3.14. The van der Waals surface area contributed by atoms with Crippen LogP contribution in [0, 0.1) is 23.2 Å². The van der Waals surface area contributed by atoms with Crippen molar-refractivity contribution in [2.45, 2.75) is 13.8 Å². The van der Waals surface area contributed by atoms with Crippen LogP contribution >= 0.6 is 12.6 Å². The van der Waals surface area contributed by atoms with E-state index in [0.29, 0.717) is 29.8 Å². The smallest absolute Gasteiger partial charge is 0.137 e. The second-order valence-corrected chi connectivity index (χ2v) is 4.47. The fourth-order valence-corrected chi connectivity index (χ4v) is 1.86. The molecule has 3 heteroatoms. The van der Waals surface area contributed by atoms with Crippen molar-refractivity contribution < 1.29 is 4.74 Å². The minimum Gasteiger partial charge on any atom is -0.492 e. The molecule has 0 bridgehead atoms. The summed E-state index contributed by atoms with van der Waals surface area (Å²) < 4.78 is 5.67. The van der Waals surface area contributed by atoms with Crippen LogP contribution in [0.4, 0.5) is 0 Å². The summed E-state index contributed by atoms with van der Waals surface area (Å²) in [4.78, 5) is 0. The molecular weight excluding hydrogens is 218 g/mol. The van der Waals surface area contributed by atoms with Gasteiger partial charge in [-0.1, -0.05) is 26.0 Å². The maximum atomic E-state index is 8.90. The Bertz CT molecular complexity index is 370. The highest BCUT2D eigenvalue weighted by molar-refractivity contribution is 7.80. The van der Waals surface area contributed by atoms with Crippen molar-refractivity contribution in [3.63, 3.8) is 0 Å². The monoisotopic (exact) mass is 235 g/mol. The average Bonchev–Trinajstić information content (AvgIpc) is 2.30. The molecule has 1 atom stereocenters. The Kier molecular flexibility index (Phi) is 5.21. The summed E-state index contributed by atoms with van der Waals surface area (Å²) in [6, 6.07) is 9.43. The largest absolute Gasteiger partial charge is 0.492 e. The van der Waals surface area contributed by atoms with Gasteiger partial charge in [0.2, 0.25) is 0 Å². The van der Waals surface area contributed by atoms with E-state index in [1.54, 1.807) is 6.07 Å². The third-order valence-corrected chi connectivity index (χ3v) is 3.11. The zero-order chi connectivity index (χ0) is 12.0. The Morgan fingerprint density at radius 3 is 2.62 bits per heavy atom. The quantitative estimate of drug-likeness (QED) is 0.795. The van der Waals surface area contributed by atoms with Crippen molar-refractivity contribution in [2.75, 3.05) is 12.4 Å². The lowest BCUT2D eigenvalue weighted by Crippen LogP contribution is -2.19. The van der Waals surface area contributed by atoms with Crippen LogP contribution in [-0.2, 0) is 0 Å². The van der Waals surface area contributed by atoms with Gasteiger partial charge in [-0.3, -0.25) is 0 Å². The van der Waals surface area contributed by atoms with E-state index in [-0.39, 0.29) is 0 Å². The van der Waals surface area contributed by atoms with Gasteiger partial charge in [-0.15, -0.1) is 0 Å². The molecule has 0 N–H and O–H groups in total. The SMILES string of the molecule is CC(C)C(CS)COc1ccccc1C#N. The Balaban J connectivity index is 2.64. The average molecular weight is 235 g/mol. The van der Waals surface area contributed by atoms with Crippen molar-refractivity contribution >= 4 is 12.6 Å². The van der Waals surface area contributed by atoms with Gasteiger partial charge in [-0.05, 0) is 23.8 Å². The third kappa shape index (κ3) is 3.46. The van der Waals surface area contributed by atoms with E-state index in [2.05, 4.69) is 32.5 Å². The molecule has 0 aliphatic carbocycles. The van der Waals surface area contributed by atoms with E-state index in [9.17, 15) is 0 Å². The molecule has 0 saturated carbocycles. The Morgan fingerprint density at radius 1 is 1.38 bits per heavy atom. The van der Waals surface area contributed by atoms with E-state index >= 15 is 0 Å². The Hall–Kier alpha value is -1.14. The van der Waals surface area contributed by atoms with Crippen molar-refractivity contribution in [3.8, 4) is 11.8 Å². The molecule has 0 amide bonds. The number of benzene rings is 1. The van der Waals surface area contributed by atoms with E-state index in [0.717, 1.165) is 5.75 Å². The number of para-hydroxylation sites is 1. The summed E-state index contributed by atoms with van der Waals surface area (Å²) in [6.45, 7) is 4.92. The molecule has 0 aliphatic rings. The van der Waals surface area contributed by atoms with Crippen LogP contribution in [0.25, 0.3) is 0 Å². The normalized spacial score (nSPS) is 12.2. The van der Waals surface area contributed by atoms with E-state index in [4.69, 9.17) is 10.00 Å². The number of nitriles is 1. The minimum absolute atomic E-state index is 0.412. The van der Waals surface area contributed by atoms with E-state index in [1.165, 1.54) is 0 Å². The summed E-state index contributed by atoms with van der Waals surface area (Å²) in [6.07, 6.45) is 0. The van der Waals surface area contributed by atoms with Gasteiger partial charge >= 0.3 is 0 Å². The lowest BCUT2D eigenvalue weighted by atomic mass is 9.99.